The smallest absolute Gasteiger partial charge is 0.333 e. The first-order chi connectivity index (χ1) is 9.09. The van der Waals surface area contributed by atoms with Crippen molar-refractivity contribution in [1.29, 1.82) is 0 Å². The Labute approximate surface area is 116 Å². The molecule has 0 heterocycles. The normalized spacial score (nSPS) is 18.0. The lowest BCUT2D eigenvalue weighted by Crippen LogP contribution is -2.39. The van der Waals surface area contributed by atoms with Crippen molar-refractivity contribution >= 4 is 5.97 Å². The maximum atomic E-state index is 11.2. The van der Waals surface area contributed by atoms with Crippen LogP contribution in [0.25, 0.3) is 0 Å². The summed E-state index contributed by atoms with van der Waals surface area (Å²) in [5.41, 5.74) is 0.412. The third kappa shape index (κ3) is 5.74. The zero-order valence-electron chi connectivity index (χ0n) is 12.2. The van der Waals surface area contributed by atoms with E-state index in [1.165, 1.54) is 6.42 Å². The molecular weight excluding hydrogens is 244 g/mol. The van der Waals surface area contributed by atoms with Gasteiger partial charge in [0.2, 0.25) is 0 Å². The van der Waals surface area contributed by atoms with Gasteiger partial charge in [0, 0.05) is 25.0 Å². The number of rotatable bonds is 8. The first kappa shape index (κ1) is 16.2. The van der Waals surface area contributed by atoms with Gasteiger partial charge in [-0.05, 0) is 26.2 Å². The van der Waals surface area contributed by atoms with Crippen molar-refractivity contribution in [1.82, 2.24) is 0 Å². The fourth-order valence-corrected chi connectivity index (χ4v) is 2.19. The van der Waals surface area contributed by atoms with Crippen LogP contribution in [0.2, 0.25) is 0 Å². The number of esters is 1. The molecule has 4 heteroatoms. The van der Waals surface area contributed by atoms with Crippen LogP contribution in [0.4, 0.5) is 0 Å². The summed E-state index contributed by atoms with van der Waals surface area (Å²) in [6, 6.07) is 0. The van der Waals surface area contributed by atoms with Gasteiger partial charge in [0.25, 0.3) is 0 Å². The molecule has 1 aliphatic rings. The maximum Gasteiger partial charge on any atom is 0.333 e. The van der Waals surface area contributed by atoms with E-state index in [4.69, 9.17) is 14.2 Å². The molecule has 1 rings (SSSR count). The van der Waals surface area contributed by atoms with Gasteiger partial charge in [-0.1, -0.05) is 19.9 Å². The van der Waals surface area contributed by atoms with Gasteiger partial charge in [0.05, 0.1) is 6.61 Å². The second-order valence-corrected chi connectivity index (χ2v) is 5.08. The fraction of sp³-hybridized carbons (Fsp3) is 0.800. The molecule has 0 aromatic rings. The quantitative estimate of drug-likeness (QED) is 0.294. The van der Waals surface area contributed by atoms with E-state index in [1.54, 1.807) is 6.92 Å². The van der Waals surface area contributed by atoms with E-state index in [1.807, 2.05) is 0 Å². The molecule has 0 radical (unpaired) electrons. The van der Waals surface area contributed by atoms with E-state index in [2.05, 4.69) is 13.5 Å². The Hall–Kier alpha value is -0.870. The highest BCUT2D eigenvalue weighted by molar-refractivity contribution is 5.86. The van der Waals surface area contributed by atoms with Crippen molar-refractivity contribution in [2.75, 3.05) is 19.8 Å². The highest BCUT2D eigenvalue weighted by Gasteiger charge is 2.33. The highest BCUT2D eigenvalue weighted by atomic mass is 16.7. The molecular formula is C15H26O4. The standard InChI is InChI=1S/C15H26O4/c1-4-10-18-15(8-6-5-7-9-15)19-12-11-17-14(16)13(2)3/h2,4-12H2,1,3H3. The van der Waals surface area contributed by atoms with Gasteiger partial charge >= 0.3 is 5.97 Å². The Morgan fingerprint density at radius 1 is 1.11 bits per heavy atom. The number of carbonyl (C=O) groups excluding carboxylic acids is 1. The van der Waals surface area contributed by atoms with E-state index in [0.717, 1.165) is 32.1 Å². The lowest BCUT2D eigenvalue weighted by molar-refractivity contribution is -0.255. The summed E-state index contributed by atoms with van der Waals surface area (Å²) in [5.74, 6) is -0.820. The van der Waals surface area contributed by atoms with E-state index in [0.29, 0.717) is 18.8 Å². The number of carbonyl (C=O) groups is 1. The van der Waals surface area contributed by atoms with E-state index < -0.39 is 5.79 Å². The summed E-state index contributed by atoms with van der Waals surface area (Å²) in [7, 11) is 0. The second-order valence-electron chi connectivity index (χ2n) is 5.08. The third-order valence-corrected chi connectivity index (χ3v) is 3.21. The molecule has 0 unspecified atom stereocenters. The van der Waals surface area contributed by atoms with E-state index >= 15 is 0 Å². The minimum absolute atomic E-state index is 0.253. The summed E-state index contributed by atoms with van der Waals surface area (Å²) >= 11 is 0. The molecule has 0 bridgehead atoms. The van der Waals surface area contributed by atoms with E-state index in [-0.39, 0.29) is 12.6 Å². The van der Waals surface area contributed by atoms with Crippen molar-refractivity contribution < 1.29 is 19.0 Å². The zero-order valence-corrected chi connectivity index (χ0v) is 12.2. The Morgan fingerprint density at radius 2 is 1.74 bits per heavy atom. The predicted octanol–water partition coefficient (Wildman–Crippen LogP) is 3.21. The van der Waals surface area contributed by atoms with Crippen molar-refractivity contribution in [3.63, 3.8) is 0 Å². The average molecular weight is 270 g/mol. The lowest BCUT2D eigenvalue weighted by Gasteiger charge is -2.37. The van der Waals surface area contributed by atoms with Gasteiger partial charge in [-0.2, -0.15) is 0 Å². The van der Waals surface area contributed by atoms with Crippen LogP contribution in [-0.4, -0.2) is 31.6 Å². The molecule has 0 aromatic heterocycles. The van der Waals surface area contributed by atoms with Crippen LogP contribution in [0.5, 0.6) is 0 Å². The number of hydrogen-bond acceptors (Lipinski definition) is 4. The molecule has 0 spiro atoms. The molecule has 0 amide bonds. The van der Waals surface area contributed by atoms with Crippen molar-refractivity contribution in [3.05, 3.63) is 12.2 Å². The van der Waals surface area contributed by atoms with E-state index in [9.17, 15) is 4.79 Å². The SMILES string of the molecule is C=C(C)C(=O)OCCOC1(OCCC)CCCCC1. The van der Waals surface area contributed by atoms with Crippen molar-refractivity contribution in [2.24, 2.45) is 0 Å². The first-order valence-electron chi connectivity index (χ1n) is 7.20. The summed E-state index contributed by atoms with van der Waals surface area (Å²) < 4.78 is 16.8. The maximum absolute atomic E-state index is 11.2. The van der Waals surface area contributed by atoms with Crippen LogP contribution in [-0.2, 0) is 19.0 Å². The van der Waals surface area contributed by atoms with Crippen LogP contribution < -0.4 is 0 Å². The molecule has 0 atom stereocenters. The Bertz CT molecular complexity index is 293. The molecule has 19 heavy (non-hydrogen) atoms. The van der Waals surface area contributed by atoms with Gasteiger partial charge in [-0.3, -0.25) is 0 Å². The largest absolute Gasteiger partial charge is 0.460 e. The minimum Gasteiger partial charge on any atom is -0.460 e. The molecule has 0 saturated heterocycles. The van der Waals surface area contributed by atoms with Gasteiger partial charge in [-0.25, -0.2) is 4.79 Å². The summed E-state index contributed by atoms with van der Waals surface area (Å²) in [4.78, 5) is 11.2. The van der Waals surface area contributed by atoms with Crippen LogP contribution in [0, 0.1) is 0 Å². The predicted molar refractivity (Wildman–Crippen MR) is 73.8 cm³/mol. The molecule has 1 aliphatic carbocycles. The van der Waals surface area contributed by atoms with Crippen LogP contribution in [0.15, 0.2) is 12.2 Å². The fourth-order valence-electron chi connectivity index (χ4n) is 2.19. The van der Waals surface area contributed by atoms with Gasteiger partial charge in [0.15, 0.2) is 5.79 Å². The molecule has 1 fully saturated rings. The van der Waals surface area contributed by atoms with Crippen molar-refractivity contribution in [2.45, 2.75) is 58.2 Å². The summed E-state index contributed by atoms with van der Waals surface area (Å²) in [6.45, 7) is 8.61. The van der Waals surface area contributed by atoms with Crippen LogP contribution in [0.3, 0.4) is 0 Å². The molecule has 0 aromatic carbocycles. The van der Waals surface area contributed by atoms with Gasteiger partial charge < -0.3 is 14.2 Å². The molecule has 0 N–H and O–H groups in total. The van der Waals surface area contributed by atoms with Crippen LogP contribution in [0.1, 0.15) is 52.4 Å². The monoisotopic (exact) mass is 270 g/mol. The van der Waals surface area contributed by atoms with Crippen LogP contribution >= 0.6 is 0 Å². The Morgan fingerprint density at radius 3 is 2.32 bits per heavy atom. The molecule has 1 saturated carbocycles. The Balaban J connectivity index is 2.32. The topological polar surface area (TPSA) is 44.8 Å². The Kier molecular flexibility index (Phi) is 7.10. The first-order valence-corrected chi connectivity index (χ1v) is 7.20. The number of hydrogen-bond donors (Lipinski definition) is 0. The molecule has 4 nitrogen and oxygen atoms in total. The molecule has 110 valence electrons. The number of ether oxygens (including phenoxy) is 3. The van der Waals surface area contributed by atoms with Gasteiger partial charge in [-0.15, -0.1) is 0 Å². The lowest BCUT2D eigenvalue weighted by atomic mass is 9.94. The average Bonchev–Trinajstić information content (AvgIpc) is 2.42. The highest BCUT2D eigenvalue weighted by Crippen LogP contribution is 2.32. The molecule has 0 aliphatic heterocycles. The second kappa shape index (κ2) is 8.33. The van der Waals surface area contributed by atoms with Crippen molar-refractivity contribution in [3.8, 4) is 0 Å². The zero-order chi connectivity index (χ0) is 14.1. The summed E-state index contributed by atoms with van der Waals surface area (Å²) in [5, 5.41) is 0. The summed E-state index contributed by atoms with van der Waals surface area (Å²) in [6.07, 6.45) is 6.36. The minimum atomic E-state index is -0.454. The van der Waals surface area contributed by atoms with Gasteiger partial charge in [0.1, 0.15) is 6.61 Å². The third-order valence-electron chi connectivity index (χ3n) is 3.21.